The van der Waals surface area contributed by atoms with E-state index < -0.39 is 6.04 Å². The van der Waals surface area contributed by atoms with Crippen LogP contribution in [0.5, 0.6) is 0 Å². The fraction of sp³-hybridized carbons (Fsp3) is 0.824. The molecule has 0 aromatic heterocycles. The summed E-state index contributed by atoms with van der Waals surface area (Å²) >= 11 is 0. The number of hydrogen-bond acceptors (Lipinski definition) is 4. The Morgan fingerprint density at radius 1 is 1.14 bits per heavy atom. The normalized spacial score (nSPS) is 33.5. The molecule has 2 rings (SSSR count). The third kappa shape index (κ3) is 4.30. The number of rotatable bonds is 4. The molecular weight excluding hydrogens is 278 g/mol. The van der Waals surface area contributed by atoms with Crippen LogP contribution in [0.15, 0.2) is 11.6 Å². The summed E-state index contributed by atoms with van der Waals surface area (Å²) in [4.78, 5) is 13.0. The highest BCUT2D eigenvalue weighted by molar-refractivity contribution is 5.25. The molecule has 5 heteroatoms. The lowest BCUT2D eigenvalue weighted by Crippen LogP contribution is -2.32. The molecule has 0 aromatic rings. The number of allylic oxidation sites excluding steroid dienone is 2. The second-order valence-electron chi connectivity index (χ2n) is 7.06. The predicted octanol–water partition coefficient (Wildman–Crippen LogP) is 3.39. The molecule has 0 radical (unpaired) electrons. The van der Waals surface area contributed by atoms with Gasteiger partial charge in [0, 0.05) is 29.4 Å². The molecule has 0 unspecified atom stereocenters. The zero-order chi connectivity index (χ0) is 16.1. The lowest BCUT2D eigenvalue weighted by molar-refractivity contribution is -0.526. The van der Waals surface area contributed by atoms with Gasteiger partial charge in [-0.15, -0.1) is 0 Å². The molecule has 0 N–H and O–H groups in total. The molecule has 0 heterocycles. The first-order valence-electron chi connectivity index (χ1n) is 8.43. The van der Waals surface area contributed by atoms with Crippen molar-refractivity contribution in [1.82, 2.24) is 4.90 Å². The minimum atomic E-state index is -0.397. The first-order chi connectivity index (χ1) is 10.5. The summed E-state index contributed by atoms with van der Waals surface area (Å²) in [5.74, 6) is 0.756. The molecule has 0 atom stereocenters. The maximum Gasteiger partial charge on any atom is 0.213 e. The monoisotopic (exact) mass is 305 g/mol. The minimum absolute atomic E-state index is 0.158. The topological polar surface area (TPSA) is 70.2 Å². The van der Waals surface area contributed by atoms with Gasteiger partial charge in [-0.25, -0.2) is 0 Å². The molecule has 2 aliphatic rings. The average Bonchev–Trinajstić information content (AvgIpc) is 2.53. The van der Waals surface area contributed by atoms with Crippen LogP contribution in [0, 0.1) is 33.3 Å². The van der Waals surface area contributed by atoms with Crippen LogP contribution < -0.4 is 0 Å². The number of nitrogens with zero attached hydrogens (tertiary/aromatic N) is 3. The lowest BCUT2D eigenvalue weighted by atomic mass is 9.78. The maximum absolute atomic E-state index is 10.8. The first kappa shape index (κ1) is 17.0. The fourth-order valence-electron chi connectivity index (χ4n) is 3.90. The molecular formula is C17H27N3O2. The van der Waals surface area contributed by atoms with Crippen LogP contribution in [0.2, 0.25) is 0 Å². The molecule has 2 saturated carbocycles. The summed E-state index contributed by atoms with van der Waals surface area (Å²) in [5, 5.41) is 20.3. The summed E-state index contributed by atoms with van der Waals surface area (Å²) in [6, 6.07) is 2.65. The summed E-state index contributed by atoms with van der Waals surface area (Å²) < 4.78 is 0. The fourth-order valence-corrected chi connectivity index (χ4v) is 3.90. The van der Waals surface area contributed by atoms with Crippen LogP contribution >= 0.6 is 0 Å². The van der Waals surface area contributed by atoms with E-state index in [1.807, 2.05) is 0 Å². The molecule has 0 saturated heterocycles. The van der Waals surface area contributed by atoms with E-state index >= 15 is 0 Å². The van der Waals surface area contributed by atoms with Crippen molar-refractivity contribution in [2.24, 2.45) is 11.8 Å². The highest BCUT2D eigenvalue weighted by Gasteiger charge is 2.31. The number of hydrogen-bond donors (Lipinski definition) is 0. The van der Waals surface area contributed by atoms with Crippen molar-refractivity contribution in [1.29, 1.82) is 5.26 Å². The van der Waals surface area contributed by atoms with Crippen LogP contribution in [0.25, 0.3) is 0 Å². The van der Waals surface area contributed by atoms with E-state index in [1.54, 1.807) is 0 Å². The van der Waals surface area contributed by atoms with Crippen molar-refractivity contribution in [2.75, 3.05) is 14.1 Å². The van der Waals surface area contributed by atoms with Gasteiger partial charge in [-0.05, 0) is 64.5 Å². The molecule has 0 bridgehead atoms. The molecule has 122 valence electrons. The molecule has 2 aliphatic carbocycles. The van der Waals surface area contributed by atoms with Gasteiger partial charge in [-0.1, -0.05) is 6.08 Å². The summed E-state index contributed by atoms with van der Waals surface area (Å²) in [5.41, 5.74) is 0.884. The van der Waals surface area contributed by atoms with Gasteiger partial charge in [0.15, 0.2) is 0 Å². The summed E-state index contributed by atoms with van der Waals surface area (Å²) in [6.07, 6.45) is 9.69. The third-order valence-electron chi connectivity index (χ3n) is 5.45. The molecule has 22 heavy (non-hydrogen) atoms. The van der Waals surface area contributed by atoms with Crippen molar-refractivity contribution < 1.29 is 4.92 Å². The summed E-state index contributed by atoms with van der Waals surface area (Å²) in [7, 11) is 4.27. The standard InChI is InChI=1S/C17H27N3O2/c1-19(2)16-7-3-13(4-8-16)11-15(12-18)14-5-9-17(10-6-14)20(21)22/h11,13-14,16-17H,3-10H2,1-2H3/b15-11+. The Morgan fingerprint density at radius 3 is 2.18 bits per heavy atom. The second-order valence-corrected chi connectivity index (χ2v) is 7.06. The van der Waals surface area contributed by atoms with Crippen LogP contribution in [-0.4, -0.2) is 36.0 Å². The van der Waals surface area contributed by atoms with Gasteiger partial charge in [0.05, 0.1) is 6.07 Å². The van der Waals surface area contributed by atoms with Crippen LogP contribution in [0.4, 0.5) is 0 Å². The highest BCUT2D eigenvalue weighted by atomic mass is 16.6. The Labute approximate surface area is 133 Å². The van der Waals surface area contributed by atoms with Gasteiger partial charge in [0.2, 0.25) is 6.04 Å². The Balaban J connectivity index is 1.90. The highest BCUT2D eigenvalue weighted by Crippen LogP contribution is 2.34. The Hall–Kier alpha value is -1.41. The molecule has 0 amide bonds. The number of nitro groups is 1. The smallest absolute Gasteiger partial charge is 0.213 e. The second kappa shape index (κ2) is 7.73. The van der Waals surface area contributed by atoms with Crippen molar-refractivity contribution in [2.45, 2.75) is 63.5 Å². The van der Waals surface area contributed by atoms with E-state index in [4.69, 9.17) is 0 Å². The van der Waals surface area contributed by atoms with Crippen LogP contribution in [0.3, 0.4) is 0 Å². The quantitative estimate of drug-likeness (QED) is 0.453. The van der Waals surface area contributed by atoms with Crippen molar-refractivity contribution in [3.05, 3.63) is 21.8 Å². The van der Waals surface area contributed by atoms with Gasteiger partial charge in [-0.3, -0.25) is 10.1 Å². The predicted molar refractivity (Wildman–Crippen MR) is 85.9 cm³/mol. The van der Waals surface area contributed by atoms with Crippen molar-refractivity contribution >= 4 is 0 Å². The van der Waals surface area contributed by atoms with E-state index in [-0.39, 0.29) is 10.8 Å². The van der Waals surface area contributed by atoms with Crippen LogP contribution in [0.1, 0.15) is 51.4 Å². The molecule has 0 aromatic carbocycles. The van der Waals surface area contributed by atoms with Crippen molar-refractivity contribution in [3.63, 3.8) is 0 Å². The van der Waals surface area contributed by atoms with E-state index in [9.17, 15) is 15.4 Å². The van der Waals surface area contributed by atoms with E-state index in [2.05, 4.69) is 31.1 Å². The van der Waals surface area contributed by atoms with Gasteiger partial charge in [0.25, 0.3) is 0 Å². The van der Waals surface area contributed by atoms with E-state index in [1.165, 1.54) is 12.8 Å². The largest absolute Gasteiger partial charge is 0.306 e. The van der Waals surface area contributed by atoms with E-state index in [0.29, 0.717) is 24.8 Å². The van der Waals surface area contributed by atoms with Crippen molar-refractivity contribution in [3.8, 4) is 6.07 Å². The lowest BCUT2D eigenvalue weighted by Gasteiger charge is -2.32. The van der Waals surface area contributed by atoms with Crippen LogP contribution in [-0.2, 0) is 0 Å². The van der Waals surface area contributed by atoms with Gasteiger partial charge < -0.3 is 4.90 Å². The van der Waals surface area contributed by atoms with Gasteiger partial charge in [-0.2, -0.15) is 5.26 Å². The summed E-state index contributed by atoms with van der Waals surface area (Å²) in [6.45, 7) is 0. The Morgan fingerprint density at radius 2 is 1.73 bits per heavy atom. The third-order valence-corrected chi connectivity index (χ3v) is 5.45. The van der Waals surface area contributed by atoms with E-state index in [0.717, 1.165) is 31.3 Å². The Bertz CT molecular complexity index is 451. The average molecular weight is 305 g/mol. The molecule has 0 spiro atoms. The molecule has 5 nitrogen and oxygen atoms in total. The molecule has 2 fully saturated rings. The maximum atomic E-state index is 10.8. The minimum Gasteiger partial charge on any atom is -0.306 e. The first-order valence-corrected chi connectivity index (χ1v) is 8.43. The zero-order valence-corrected chi connectivity index (χ0v) is 13.7. The van der Waals surface area contributed by atoms with Gasteiger partial charge >= 0.3 is 0 Å². The zero-order valence-electron chi connectivity index (χ0n) is 13.7. The number of nitriles is 1. The SMILES string of the molecule is CN(C)C1CCC(/C=C(\C#N)C2CCC([N+](=O)[O-])CC2)CC1. The van der Waals surface area contributed by atoms with Gasteiger partial charge in [0.1, 0.15) is 0 Å². The Kier molecular flexibility index (Phi) is 5.96. The molecule has 0 aliphatic heterocycles.